The summed E-state index contributed by atoms with van der Waals surface area (Å²) >= 11 is 1.50. The zero-order valence-electron chi connectivity index (χ0n) is 20.2. The molecular formula is C27H28F3NO4S. The van der Waals surface area contributed by atoms with Gasteiger partial charge in [-0.2, -0.15) is 13.2 Å². The summed E-state index contributed by atoms with van der Waals surface area (Å²) in [6.45, 7) is 6.17. The van der Waals surface area contributed by atoms with Crippen molar-refractivity contribution in [2.75, 3.05) is 6.54 Å². The number of thiophene rings is 1. The Balaban J connectivity index is 1.77. The number of benzene rings is 2. The van der Waals surface area contributed by atoms with E-state index in [0.717, 1.165) is 33.9 Å². The second-order valence-corrected chi connectivity index (χ2v) is 9.98. The lowest BCUT2D eigenvalue weighted by Crippen LogP contribution is -2.25. The van der Waals surface area contributed by atoms with Gasteiger partial charge >= 0.3 is 12.1 Å². The first-order chi connectivity index (χ1) is 16.9. The number of aryl methyl sites for hydroxylation is 1. The molecule has 1 unspecified atom stereocenters. The molecule has 3 aromatic rings. The number of hydrogen-bond donors (Lipinski definition) is 2. The summed E-state index contributed by atoms with van der Waals surface area (Å²) in [7, 11) is 0. The van der Waals surface area contributed by atoms with Gasteiger partial charge in [-0.25, -0.2) is 0 Å². The molecule has 0 radical (unpaired) electrons. The van der Waals surface area contributed by atoms with Crippen LogP contribution in [0.4, 0.5) is 13.2 Å². The molecule has 0 aliphatic carbocycles. The zero-order valence-corrected chi connectivity index (χ0v) is 21.0. The molecule has 0 fully saturated rings. The third-order valence-corrected chi connectivity index (χ3v) is 6.83. The van der Waals surface area contributed by atoms with Crippen LogP contribution in [-0.4, -0.2) is 23.5 Å². The van der Waals surface area contributed by atoms with E-state index in [9.17, 15) is 22.8 Å². The van der Waals surface area contributed by atoms with Crippen LogP contribution in [0.25, 0.3) is 10.4 Å². The molecule has 3 rings (SSSR count). The Labute approximate surface area is 211 Å². The first kappa shape index (κ1) is 27.3. The number of nitrogens with one attached hydrogen (secondary N) is 1. The number of carboxylic acid groups (broad SMARTS) is 1. The topological polar surface area (TPSA) is 75.6 Å². The van der Waals surface area contributed by atoms with Gasteiger partial charge in [-0.3, -0.25) is 9.59 Å². The summed E-state index contributed by atoms with van der Waals surface area (Å²) in [5.74, 6) is -0.450. The second kappa shape index (κ2) is 11.6. The molecule has 0 spiro atoms. The number of carbonyl (C=O) groups excluding carboxylic acids is 1. The van der Waals surface area contributed by atoms with E-state index in [1.165, 1.54) is 23.5 Å². The minimum Gasteiger partial charge on any atom is -0.485 e. The number of carbonyl (C=O) groups is 2. The standard InChI is InChI=1S/C27H28F3NO4S/c1-16(2)14-22(35-21-10-6-19(7-11-21)26(34)31-13-12-24(32)33)25-17(3)15-23(36-25)18-4-8-20(9-5-18)27(28,29)30/h4-11,15-16,22H,12-14H2,1-3H3,(H,31,34)(H,32,33). The molecule has 36 heavy (non-hydrogen) atoms. The summed E-state index contributed by atoms with van der Waals surface area (Å²) in [5, 5.41) is 11.3. The summed E-state index contributed by atoms with van der Waals surface area (Å²) < 4.78 is 45.1. The number of amides is 1. The van der Waals surface area contributed by atoms with Crippen molar-refractivity contribution in [2.24, 2.45) is 5.92 Å². The normalized spacial score (nSPS) is 12.4. The first-order valence-electron chi connectivity index (χ1n) is 11.5. The van der Waals surface area contributed by atoms with Crippen molar-refractivity contribution >= 4 is 23.2 Å². The van der Waals surface area contributed by atoms with Crippen molar-refractivity contribution in [3.8, 4) is 16.2 Å². The van der Waals surface area contributed by atoms with E-state index in [-0.39, 0.29) is 25.0 Å². The van der Waals surface area contributed by atoms with Crippen molar-refractivity contribution in [1.29, 1.82) is 0 Å². The van der Waals surface area contributed by atoms with Gasteiger partial charge in [-0.1, -0.05) is 26.0 Å². The third-order valence-electron chi connectivity index (χ3n) is 5.45. The Morgan fingerprint density at radius 1 is 1.06 bits per heavy atom. The van der Waals surface area contributed by atoms with Crippen molar-refractivity contribution in [2.45, 2.75) is 45.9 Å². The summed E-state index contributed by atoms with van der Waals surface area (Å²) in [6.07, 6.45) is -4.07. The number of rotatable bonds is 10. The highest BCUT2D eigenvalue weighted by atomic mass is 32.1. The van der Waals surface area contributed by atoms with Gasteiger partial charge in [0.05, 0.1) is 12.0 Å². The maximum absolute atomic E-state index is 12.9. The van der Waals surface area contributed by atoms with Gasteiger partial charge < -0.3 is 15.2 Å². The van der Waals surface area contributed by atoms with Crippen molar-refractivity contribution < 1.29 is 32.6 Å². The van der Waals surface area contributed by atoms with Gasteiger partial charge in [-0.15, -0.1) is 11.3 Å². The van der Waals surface area contributed by atoms with Crippen LogP contribution in [0.3, 0.4) is 0 Å². The molecule has 1 amide bonds. The van der Waals surface area contributed by atoms with E-state index >= 15 is 0 Å². The Bertz CT molecular complexity index is 1190. The van der Waals surface area contributed by atoms with Crippen LogP contribution in [0.15, 0.2) is 54.6 Å². The largest absolute Gasteiger partial charge is 0.485 e. The van der Waals surface area contributed by atoms with Crippen LogP contribution < -0.4 is 10.1 Å². The minimum atomic E-state index is -4.38. The summed E-state index contributed by atoms with van der Waals surface area (Å²) in [6, 6.07) is 13.7. The molecule has 0 saturated heterocycles. The molecule has 0 saturated carbocycles. The number of carboxylic acids is 1. The lowest BCUT2D eigenvalue weighted by molar-refractivity contribution is -0.138. The molecular weight excluding hydrogens is 491 g/mol. The number of ether oxygens (including phenoxy) is 1. The molecule has 0 aliphatic rings. The predicted octanol–water partition coefficient (Wildman–Crippen LogP) is 7.11. The molecule has 2 N–H and O–H groups in total. The average molecular weight is 520 g/mol. The molecule has 5 nitrogen and oxygen atoms in total. The number of aliphatic carboxylic acids is 1. The summed E-state index contributed by atoms with van der Waals surface area (Å²) in [5.41, 5.74) is 1.42. The second-order valence-electron chi connectivity index (χ2n) is 8.89. The Morgan fingerprint density at radius 2 is 1.69 bits per heavy atom. The Hall–Kier alpha value is -3.33. The zero-order chi connectivity index (χ0) is 26.5. The number of hydrogen-bond acceptors (Lipinski definition) is 4. The van der Waals surface area contributed by atoms with E-state index in [0.29, 0.717) is 22.8 Å². The van der Waals surface area contributed by atoms with Gasteiger partial charge in [0.2, 0.25) is 0 Å². The van der Waals surface area contributed by atoms with Gasteiger partial charge in [0, 0.05) is 21.9 Å². The lowest BCUT2D eigenvalue weighted by Gasteiger charge is -2.21. The van der Waals surface area contributed by atoms with Crippen LogP contribution in [-0.2, 0) is 11.0 Å². The first-order valence-corrected chi connectivity index (χ1v) is 12.3. The van der Waals surface area contributed by atoms with Crippen LogP contribution in [0.2, 0.25) is 0 Å². The molecule has 192 valence electrons. The van der Waals surface area contributed by atoms with E-state index in [1.54, 1.807) is 24.3 Å². The lowest BCUT2D eigenvalue weighted by atomic mass is 10.0. The average Bonchev–Trinajstić information content (AvgIpc) is 3.19. The van der Waals surface area contributed by atoms with Gasteiger partial charge in [0.15, 0.2) is 0 Å². The highest BCUT2D eigenvalue weighted by molar-refractivity contribution is 7.15. The third kappa shape index (κ3) is 7.34. The molecule has 0 aliphatic heterocycles. The van der Waals surface area contributed by atoms with E-state index < -0.39 is 17.7 Å². The van der Waals surface area contributed by atoms with E-state index in [1.807, 2.05) is 13.0 Å². The minimum absolute atomic E-state index is 0.0435. The Kier molecular flexibility index (Phi) is 8.79. The van der Waals surface area contributed by atoms with Crippen LogP contribution in [0.1, 0.15) is 59.2 Å². The van der Waals surface area contributed by atoms with Crippen molar-refractivity contribution in [3.63, 3.8) is 0 Å². The summed E-state index contributed by atoms with van der Waals surface area (Å²) in [4.78, 5) is 24.6. The van der Waals surface area contributed by atoms with Gasteiger partial charge in [-0.05, 0) is 72.9 Å². The maximum atomic E-state index is 12.9. The quantitative estimate of drug-likeness (QED) is 0.299. The fourth-order valence-corrected chi connectivity index (χ4v) is 4.87. The fourth-order valence-electron chi connectivity index (χ4n) is 3.65. The van der Waals surface area contributed by atoms with Crippen molar-refractivity contribution in [1.82, 2.24) is 5.32 Å². The molecule has 1 atom stereocenters. The smallest absolute Gasteiger partial charge is 0.416 e. The van der Waals surface area contributed by atoms with Crippen LogP contribution >= 0.6 is 11.3 Å². The van der Waals surface area contributed by atoms with Crippen molar-refractivity contribution in [3.05, 3.63) is 76.2 Å². The van der Waals surface area contributed by atoms with Gasteiger partial charge in [0.1, 0.15) is 11.9 Å². The molecule has 9 heteroatoms. The Morgan fingerprint density at radius 3 is 2.25 bits per heavy atom. The van der Waals surface area contributed by atoms with Crippen LogP contribution in [0.5, 0.6) is 5.75 Å². The molecule has 1 aromatic heterocycles. The van der Waals surface area contributed by atoms with Crippen LogP contribution in [0, 0.1) is 12.8 Å². The monoisotopic (exact) mass is 519 g/mol. The highest BCUT2D eigenvalue weighted by Crippen LogP contribution is 2.40. The number of alkyl halides is 3. The van der Waals surface area contributed by atoms with E-state index in [2.05, 4.69) is 19.2 Å². The number of halogens is 3. The highest BCUT2D eigenvalue weighted by Gasteiger charge is 2.30. The molecule has 0 bridgehead atoms. The maximum Gasteiger partial charge on any atom is 0.416 e. The van der Waals surface area contributed by atoms with Gasteiger partial charge in [0.25, 0.3) is 5.91 Å². The SMILES string of the molecule is Cc1cc(-c2ccc(C(F)(F)F)cc2)sc1C(CC(C)C)Oc1ccc(C(=O)NCCC(=O)O)cc1. The van der Waals surface area contributed by atoms with E-state index in [4.69, 9.17) is 9.84 Å². The molecule has 2 aromatic carbocycles. The molecule has 1 heterocycles. The fraction of sp³-hybridized carbons (Fsp3) is 0.333. The predicted molar refractivity (Wildman–Crippen MR) is 133 cm³/mol.